The lowest BCUT2D eigenvalue weighted by Gasteiger charge is -2.54. The van der Waals surface area contributed by atoms with Gasteiger partial charge in [-0.05, 0) is 44.5 Å². The minimum Gasteiger partial charge on any atom is -0.510 e. The molecule has 0 saturated carbocycles. The van der Waals surface area contributed by atoms with Gasteiger partial charge in [0.05, 0.1) is 37.1 Å². The fraction of sp³-hybridized carbons (Fsp3) is 0.533. The van der Waals surface area contributed by atoms with Crippen LogP contribution in [0.5, 0.6) is 5.75 Å². The minimum atomic E-state index is -2.73. The maximum absolute atomic E-state index is 14.1. The third-order valence-electron chi connectivity index (χ3n) is 9.76. The number of amides is 2. The normalized spacial score (nSPS) is 29.1. The highest BCUT2D eigenvalue weighted by Crippen LogP contribution is 2.54. The van der Waals surface area contributed by atoms with Crippen LogP contribution in [-0.4, -0.2) is 126 Å². The van der Waals surface area contributed by atoms with Crippen LogP contribution in [0.4, 0.5) is 11.4 Å². The molecule has 7 N–H and O–H groups in total. The quantitative estimate of drug-likeness (QED) is 0.177. The molecule has 2 amide bonds. The number of hydrogen-bond donors (Lipinski definition) is 6. The summed E-state index contributed by atoms with van der Waals surface area (Å²) < 4.78 is 5.28. The summed E-state index contributed by atoms with van der Waals surface area (Å²) in [5.74, 6) is -7.66. The van der Waals surface area contributed by atoms with Crippen molar-refractivity contribution >= 4 is 34.8 Å². The number of nitrogens with zero attached hydrogens (tertiary/aromatic N) is 3. The standard InChI is InChI=1S/C30H37N5O9/c1-33(2)17-7-16(32-18(36)8-35-9-29(10-35)11-44-12-29)23(37)20-14(17)5-13-6-15-22(34(3)4)25(39)21(28(31)42)27(41)30(15,43)26(40)19(13)24(20)38/h7,13,15,22,37,39-40,43H,5-6,8-12H2,1-4H3,(H2,31,42)(H,32,36)/t13-,15-,22-,30-/m0/s1. The lowest BCUT2D eigenvalue weighted by atomic mass is 9.58. The highest BCUT2D eigenvalue weighted by atomic mass is 16.5. The molecule has 1 spiro atoms. The number of nitrogens with one attached hydrogen (secondary N) is 1. The molecule has 5 aliphatic rings. The number of likely N-dealkylation sites (tertiary alicyclic amines) is 1. The Bertz CT molecular complexity index is 1570. The number of rotatable bonds is 6. The van der Waals surface area contributed by atoms with Gasteiger partial charge < -0.3 is 41.1 Å². The number of benzene rings is 1. The number of Topliss-reactive ketones (excluding diaryl/α,β-unsaturated/α-hetero) is 2. The number of ether oxygens (including phenoxy) is 1. The van der Waals surface area contributed by atoms with Crippen LogP contribution in [0.2, 0.25) is 0 Å². The maximum atomic E-state index is 14.1. The van der Waals surface area contributed by atoms with Gasteiger partial charge in [-0.25, -0.2) is 0 Å². The summed E-state index contributed by atoms with van der Waals surface area (Å²) in [5.41, 5.74) is 2.53. The number of anilines is 2. The van der Waals surface area contributed by atoms with Crippen molar-refractivity contribution in [1.29, 1.82) is 0 Å². The molecule has 2 heterocycles. The Labute approximate surface area is 253 Å². The SMILES string of the molecule is CN(C)c1cc(NC(=O)CN2CC3(COC3)C2)c(O)c2c1C[C@H]1C[C@H]3[C@H](N(C)C)C(O)=C(C(N)=O)C(=O)[C@@]3(O)C(O)=C1C2=O. The molecule has 0 bridgehead atoms. The van der Waals surface area contributed by atoms with Crippen LogP contribution in [0, 0.1) is 17.3 Å². The van der Waals surface area contributed by atoms with Crippen molar-refractivity contribution in [3.63, 3.8) is 0 Å². The van der Waals surface area contributed by atoms with E-state index >= 15 is 0 Å². The first kappa shape index (κ1) is 30.1. The fourth-order valence-corrected chi connectivity index (χ4v) is 7.77. The van der Waals surface area contributed by atoms with E-state index in [1.54, 1.807) is 39.2 Å². The van der Waals surface area contributed by atoms with E-state index in [9.17, 15) is 39.6 Å². The average molecular weight is 612 g/mol. The summed E-state index contributed by atoms with van der Waals surface area (Å²) in [7, 11) is 6.66. The highest BCUT2D eigenvalue weighted by molar-refractivity contribution is 6.25. The van der Waals surface area contributed by atoms with Crippen LogP contribution in [-0.2, 0) is 25.5 Å². The molecule has 2 aliphatic heterocycles. The van der Waals surface area contributed by atoms with Crippen molar-refractivity contribution in [3.05, 3.63) is 39.9 Å². The number of phenols is 1. The smallest absolute Gasteiger partial charge is 0.255 e. The number of nitrogens with two attached hydrogens (primary N) is 1. The summed E-state index contributed by atoms with van der Waals surface area (Å²) in [6.45, 7) is 2.90. The van der Waals surface area contributed by atoms with Gasteiger partial charge in [-0.15, -0.1) is 0 Å². The summed E-state index contributed by atoms with van der Waals surface area (Å²) in [4.78, 5) is 58.0. The lowest BCUT2D eigenvalue weighted by Crippen LogP contribution is -2.66. The number of aliphatic hydroxyl groups is 3. The predicted octanol–water partition coefficient (Wildman–Crippen LogP) is -0.543. The van der Waals surface area contributed by atoms with Crippen molar-refractivity contribution in [2.75, 3.05) is 71.3 Å². The maximum Gasteiger partial charge on any atom is 0.255 e. The summed E-state index contributed by atoms with van der Waals surface area (Å²) in [6, 6.07) is 0.517. The molecule has 14 nitrogen and oxygen atoms in total. The van der Waals surface area contributed by atoms with Gasteiger partial charge in [0.25, 0.3) is 5.91 Å². The van der Waals surface area contributed by atoms with Crippen LogP contribution < -0.4 is 16.0 Å². The van der Waals surface area contributed by atoms with Crippen LogP contribution in [0.3, 0.4) is 0 Å². The molecular weight excluding hydrogens is 574 g/mol. The molecule has 4 atom stereocenters. The number of primary amides is 1. The molecular formula is C30H37N5O9. The monoisotopic (exact) mass is 611 g/mol. The number of phenolic OH excluding ortho intramolecular Hbond substituents is 1. The first-order valence-corrected chi connectivity index (χ1v) is 14.4. The van der Waals surface area contributed by atoms with Gasteiger partial charge in [-0.2, -0.15) is 0 Å². The zero-order chi connectivity index (χ0) is 32.0. The van der Waals surface area contributed by atoms with Gasteiger partial charge in [0.1, 0.15) is 17.1 Å². The second kappa shape index (κ2) is 10.0. The molecule has 0 aromatic heterocycles. The molecule has 0 unspecified atom stereocenters. The van der Waals surface area contributed by atoms with Gasteiger partial charge >= 0.3 is 0 Å². The zero-order valence-corrected chi connectivity index (χ0v) is 25.0. The van der Waals surface area contributed by atoms with E-state index in [-0.39, 0.29) is 47.5 Å². The average Bonchev–Trinajstić information content (AvgIpc) is 2.87. The molecule has 236 valence electrons. The van der Waals surface area contributed by atoms with E-state index in [4.69, 9.17) is 10.5 Å². The summed E-state index contributed by atoms with van der Waals surface area (Å²) in [5, 5.41) is 48.3. The first-order valence-electron chi connectivity index (χ1n) is 14.4. The van der Waals surface area contributed by atoms with E-state index in [0.29, 0.717) is 24.5 Å². The van der Waals surface area contributed by atoms with Gasteiger partial charge in [-0.3, -0.25) is 29.0 Å². The lowest BCUT2D eigenvalue weighted by molar-refractivity contribution is -0.188. The van der Waals surface area contributed by atoms with E-state index in [1.165, 1.54) is 4.90 Å². The number of likely N-dealkylation sites (N-methyl/N-ethyl adjacent to an activating group) is 1. The third-order valence-corrected chi connectivity index (χ3v) is 9.76. The van der Waals surface area contributed by atoms with Crippen LogP contribution >= 0.6 is 0 Å². The number of aromatic hydroxyl groups is 1. The Morgan fingerprint density at radius 1 is 1.14 bits per heavy atom. The topological polar surface area (TPSA) is 206 Å². The van der Waals surface area contributed by atoms with E-state index in [2.05, 4.69) is 5.32 Å². The fourth-order valence-electron chi connectivity index (χ4n) is 7.77. The second-order valence-corrected chi connectivity index (χ2v) is 13.2. The summed E-state index contributed by atoms with van der Waals surface area (Å²) in [6.07, 6.45) is 0.127. The molecule has 44 heavy (non-hydrogen) atoms. The number of aliphatic hydroxyl groups excluding tert-OH is 2. The van der Waals surface area contributed by atoms with E-state index in [0.717, 1.165) is 13.1 Å². The van der Waals surface area contributed by atoms with Crippen molar-refractivity contribution < 1.29 is 44.3 Å². The number of fused-ring (bicyclic) bond motifs is 3. The predicted molar refractivity (Wildman–Crippen MR) is 156 cm³/mol. The zero-order valence-electron chi connectivity index (χ0n) is 25.0. The molecule has 2 fully saturated rings. The van der Waals surface area contributed by atoms with Crippen LogP contribution in [0.15, 0.2) is 28.7 Å². The Morgan fingerprint density at radius 3 is 2.34 bits per heavy atom. The van der Waals surface area contributed by atoms with Crippen LogP contribution in [0.1, 0.15) is 22.3 Å². The molecule has 1 aromatic rings. The van der Waals surface area contributed by atoms with Crippen molar-refractivity contribution in [3.8, 4) is 5.75 Å². The van der Waals surface area contributed by atoms with Crippen molar-refractivity contribution in [2.45, 2.75) is 24.5 Å². The Morgan fingerprint density at radius 2 is 1.80 bits per heavy atom. The van der Waals surface area contributed by atoms with E-state index < -0.39 is 63.8 Å². The first-order chi connectivity index (χ1) is 20.6. The highest BCUT2D eigenvalue weighted by Gasteiger charge is 2.63. The number of carbonyl (C=O) groups excluding carboxylic acids is 4. The van der Waals surface area contributed by atoms with Gasteiger partial charge in [0.15, 0.2) is 17.1 Å². The molecule has 14 heteroatoms. The molecule has 1 aromatic carbocycles. The third kappa shape index (κ3) is 4.15. The molecule has 0 radical (unpaired) electrons. The summed E-state index contributed by atoms with van der Waals surface area (Å²) >= 11 is 0. The largest absolute Gasteiger partial charge is 0.510 e. The van der Waals surface area contributed by atoms with Crippen molar-refractivity contribution in [1.82, 2.24) is 9.80 Å². The van der Waals surface area contributed by atoms with Gasteiger partial charge in [-0.1, -0.05) is 0 Å². The van der Waals surface area contributed by atoms with Crippen molar-refractivity contribution in [2.24, 2.45) is 23.0 Å². The minimum absolute atomic E-state index is 0.00392. The molecule has 6 rings (SSSR count). The second-order valence-electron chi connectivity index (χ2n) is 13.2. The number of allylic oxidation sites excluding steroid dienone is 1. The number of carbonyl (C=O) groups is 4. The molecule has 2 saturated heterocycles. The van der Waals surface area contributed by atoms with Crippen LogP contribution in [0.25, 0.3) is 0 Å². The Kier molecular flexibility index (Phi) is 6.85. The number of hydrogen-bond acceptors (Lipinski definition) is 12. The Hall–Kier alpha value is -3.98. The van der Waals surface area contributed by atoms with E-state index in [1.807, 2.05) is 4.90 Å². The Balaban J connectivity index is 1.39. The van der Waals surface area contributed by atoms with Gasteiger partial charge in [0.2, 0.25) is 11.7 Å². The number of ketones is 2. The molecule has 3 aliphatic carbocycles. The van der Waals surface area contributed by atoms with Gasteiger partial charge in [0, 0.05) is 49.8 Å².